The third kappa shape index (κ3) is 3.01. The van der Waals surface area contributed by atoms with Gasteiger partial charge in [0.15, 0.2) is 11.5 Å². The van der Waals surface area contributed by atoms with Crippen molar-refractivity contribution in [2.75, 3.05) is 32.1 Å². The summed E-state index contributed by atoms with van der Waals surface area (Å²) in [5, 5.41) is 10.6. The highest BCUT2D eigenvalue weighted by atomic mass is 16.5. The van der Waals surface area contributed by atoms with Crippen LogP contribution in [0.4, 0.5) is 5.82 Å². The summed E-state index contributed by atoms with van der Waals surface area (Å²) in [6.45, 7) is 3.95. The number of methoxy groups -OCH3 is 1. The number of amides is 1. The second kappa shape index (κ2) is 5.97. The van der Waals surface area contributed by atoms with E-state index in [4.69, 9.17) is 4.74 Å². The van der Waals surface area contributed by atoms with Gasteiger partial charge < -0.3 is 15.0 Å². The van der Waals surface area contributed by atoms with Gasteiger partial charge in [-0.25, -0.2) is 0 Å². The van der Waals surface area contributed by atoms with Crippen LogP contribution in [0.3, 0.4) is 0 Å². The minimum absolute atomic E-state index is 0.217. The van der Waals surface area contributed by atoms with Crippen molar-refractivity contribution in [3.8, 4) is 0 Å². The first-order valence-corrected chi connectivity index (χ1v) is 6.49. The maximum absolute atomic E-state index is 11.4. The summed E-state index contributed by atoms with van der Waals surface area (Å²) in [6, 6.07) is 3.53. The quantitative estimate of drug-likeness (QED) is 0.870. The maximum Gasteiger partial charge on any atom is 0.271 e. The lowest BCUT2D eigenvalue weighted by Gasteiger charge is -2.36. The number of hydrogen-bond acceptors (Lipinski definition) is 5. The van der Waals surface area contributed by atoms with Gasteiger partial charge in [0.2, 0.25) is 0 Å². The van der Waals surface area contributed by atoms with Crippen molar-refractivity contribution in [2.24, 2.45) is 5.92 Å². The number of rotatable bonds is 3. The van der Waals surface area contributed by atoms with Crippen molar-refractivity contribution in [2.45, 2.75) is 19.4 Å². The summed E-state index contributed by atoms with van der Waals surface area (Å²) >= 11 is 0. The van der Waals surface area contributed by atoms with Crippen LogP contribution >= 0.6 is 0 Å². The van der Waals surface area contributed by atoms with Gasteiger partial charge in [-0.05, 0) is 24.5 Å². The molecule has 1 amide bonds. The second-order valence-corrected chi connectivity index (χ2v) is 4.84. The van der Waals surface area contributed by atoms with E-state index >= 15 is 0 Å². The van der Waals surface area contributed by atoms with Crippen LogP contribution in [0.1, 0.15) is 23.8 Å². The van der Waals surface area contributed by atoms with E-state index in [2.05, 4.69) is 27.3 Å². The summed E-state index contributed by atoms with van der Waals surface area (Å²) in [6.07, 6.45) is 1.28. The molecule has 6 heteroatoms. The van der Waals surface area contributed by atoms with Crippen molar-refractivity contribution in [3.05, 3.63) is 17.8 Å². The fourth-order valence-corrected chi connectivity index (χ4v) is 2.29. The first kappa shape index (κ1) is 13.7. The number of ether oxygens (including phenoxy) is 1. The summed E-state index contributed by atoms with van der Waals surface area (Å²) < 4.78 is 5.48. The lowest BCUT2D eigenvalue weighted by atomic mass is 9.96. The first-order valence-electron chi connectivity index (χ1n) is 6.49. The Balaban J connectivity index is 2.08. The molecule has 6 nitrogen and oxygen atoms in total. The predicted octanol–water partition coefficient (Wildman–Crippen LogP) is 0.697. The van der Waals surface area contributed by atoms with Gasteiger partial charge in [-0.2, -0.15) is 0 Å². The summed E-state index contributed by atoms with van der Waals surface area (Å²) in [4.78, 5) is 13.5. The van der Waals surface area contributed by atoms with E-state index in [9.17, 15) is 4.79 Å². The number of piperidine rings is 1. The van der Waals surface area contributed by atoms with E-state index in [1.165, 1.54) is 0 Å². The zero-order valence-electron chi connectivity index (χ0n) is 11.6. The molecule has 104 valence electrons. The Morgan fingerprint density at radius 2 is 2.26 bits per heavy atom. The Bertz CT molecular complexity index is 435. The monoisotopic (exact) mass is 264 g/mol. The third-order valence-electron chi connectivity index (χ3n) is 3.63. The standard InChI is InChI=1S/C13H20N4O2/c1-9-6-7-17(8-11(9)19-3)12-5-4-10(15-16-12)13(18)14-2/h4-5,9,11H,6-8H2,1-3H3,(H,14,18). The van der Waals surface area contributed by atoms with Crippen LogP contribution in [0, 0.1) is 5.92 Å². The van der Waals surface area contributed by atoms with E-state index < -0.39 is 0 Å². The van der Waals surface area contributed by atoms with Crippen molar-refractivity contribution in [3.63, 3.8) is 0 Å². The SMILES string of the molecule is CNC(=O)c1ccc(N2CCC(C)C(OC)C2)nn1. The van der Waals surface area contributed by atoms with E-state index in [-0.39, 0.29) is 12.0 Å². The molecule has 0 aliphatic carbocycles. The first-order chi connectivity index (χ1) is 9.15. The number of carbonyl (C=O) groups is 1. The molecule has 19 heavy (non-hydrogen) atoms. The number of nitrogens with one attached hydrogen (secondary N) is 1. The number of hydrogen-bond donors (Lipinski definition) is 1. The topological polar surface area (TPSA) is 67.4 Å². The van der Waals surface area contributed by atoms with Gasteiger partial charge in [-0.15, -0.1) is 10.2 Å². The van der Waals surface area contributed by atoms with Gasteiger partial charge in [-0.3, -0.25) is 4.79 Å². The molecule has 1 aliphatic rings. The summed E-state index contributed by atoms with van der Waals surface area (Å²) in [5.74, 6) is 1.13. The van der Waals surface area contributed by atoms with Gasteiger partial charge in [0.25, 0.3) is 5.91 Å². The van der Waals surface area contributed by atoms with Crippen LogP contribution in [0.15, 0.2) is 12.1 Å². The number of nitrogens with zero attached hydrogens (tertiary/aromatic N) is 3. The highest BCUT2D eigenvalue weighted by molar-refractivity contribution is 5.91. The molecule has 1 fully saturated rings. The van der Waals surface area contributed by atoms with Crippen LogP contribution in [-0.2, 0) is 4.74 Å². The normalized spacial score (nSPS) is 23.2. The predicted molar refractivity (Wildman–Crippen MR) is 72.2 cm³/mol. The van der Waals surface area contributed by atoms with Crippen LogP contribution in [0.2, 0.25) is 0 Å². The summed E-state index contributed by atoms with van der Waals surface area (Å²) in [7, 11) is 3.32. The van der Waals surface area contributed by atoms with E-state index in [1.54, 1.807) is 20.2 Å². The zero-order valence-corrected chi connectivity index (χ0v) is 11.6. The molecule has 1 N–H and O–H groups in total. The Labute approximate surface area is 113 Å². The Kier molecular flexibility index (Phi) is 4.31. The fourth-order valence-electron chi connectivity index (χ4n) is 2.29. The highest BCUT2D eigenvalue weighted by Crippen LogP contribution is 2.23. The average Bonchev–Trinajstić information content (AvgIpc) is 2.47. The molecule has 2 atom stereocenters. The molecule has 0 bridgehead atoms. The van der Waals surface area contributed by atoms with Crippen LogP contribution in [0.25, 0.3) is 0 Å². The molecule has 1 aliphatic heterocycles. The van der Waals surface area contributed by atoms with E-state index in [0.717, 1.165) is 25.3 Å². The average molecular weight is 264 g/mol. The minimum atomic E-state index is -0.221. The number of anilines is 1. The van der Waals surface area contributed by atoms with Gasteiger partial charge >= 0.3 is 0 Å². The van der Waals surface area contributed by atoms with Crippen LogP contribution < -0.4 is 10.2 Å². The molecule has 1 aromatic rings. The third-order valence-corrected chi connectivity index (χ3v) is 3.63. The highest BCUT2D eigenvalue weighted by Gasteiger charge is 2.26. The van der Waals surface area contributed by atoms with Crippen LogP contribution in [-0.4, -0.2) is 49.5 Å². The molecule has 0 aromatic carbocycles. The molecular weight excluding hydrogens is 244 g/mol. The second-order valence-electron chi connectivity index (χ2n) is 4.84. The smallest absolute Gasteiger partial charge is 0.271 e. The number of carbonyl (C=O) groups excluding carboxylic acids is 1. The van der Waals surface area contributed by atoms with Crippen molar-refractivity contribution in [1.29, 1.82) is 0 Å². The zero-order chi connectivity index (χ0) is 13.8. The molecule has 1 aromatic heterocycles. The van der Waals surface area contributed by atoms with Crippen LogP contribution in [0.5, 0.6) is 0 Å². The lowest BCUT2D eigenvalue weighted by Crippen LogP contribution is -2.44. The molecule has 1 saturated heterocycles. The van der Waals surface area contributed by atoms with E-state index in [1.807, 2.05) is 6.07 Å². The molecule has 2 heterocycles. The molecular formula is C13H20N4O2. The Hall–Kier alpha value is -1.69. The summed E-state index contributed by atoms with van der Waals surface area (Å²) in [5.41, 5.74) is 0.333. The minimum Gasteiger partial charge on any atom is -0.379 e. The molecule has 0 radical (unpaired) electrons. The Morgan fingerprint density at radius 1 is 1.47 bits per heavy atom. The fraction of sp³-hybridized carbons (Fsp3) is 0.615. The number of aromatic nitrogens is 2. The van der Waals surface area contributed by atoms with Crippen molar-refractivity contribution >= 4 is 11.7 Å². The molecule has 2 rings (SSSR count). The van der Waals surface area contributed by atoms with Gasteiger partial charge in [-0.1, -0.05) is 6.92 Å². The molecule has 0 spiro atoms. The van der Waals surface area contributed by atoms with Gasteiger partial charge in [0.1, 0.15) is 0 Å². The van der Waals surface area contributed by atoms with E-state index in [0.29, 0.717) is 11.6 Å². The lowest BCUT2D eigenvalue weighted by molar-refractivity contribution is 0.0496. The largest absolute Gasteiger partial charge is 0.379 e. The van der Waals surface area contributed by atoms with Crippen molar-refractivity contribution in [1.82, 2.24) is 15.5 Å². The Morgan fingerprint density at radius 3 is 2.84 bits per heavy atom. The van der Waals surface area contributed by atoms with Crippen molar-refractivity contribution < 1.29 is 9.53 Å². The molecule has 0 saturated carbocycles. The van der Waals surface area contributed by atoms with Gasteiger partial charge in [0, 0.05) is 27.2 Å². The maximum atomic E-state index is 11.4. The van der Waals surface area contributed by atoms with Gasteiger partial charge in [0.05, 0.1) is 6.10 Å². The molecule has 2 unspecified atom stereocenters.